The van der Waals surface area contributed by atoms with E-state index in [4.69, 9.17) is 0 Å². The maximum Gasteiger partial charge on any atom is -0.0125 e. The second-order valence-corrected chi connectivity index (χ2v) is 3.85. The van der Waals surface area contributed by atoms with E-state index in [2.05, 4.69) is 60.7 Å². The molecule has 0 aliphatic carbocycles. The van der Waals surface area contributed by atoms with Crippen molar-refractivity contribution < 1.29 is 0 Å². The van der Waals surface area contributed by atoms with Gasteiger partial charge in [-0.15, -0.1) is 0 Å². The molecule has 56 valence electrons. The van der Waals surface area contributed by atoms with Crippen molar-refractivity contribution in [1.29, 1.82) is 0 Å². The highest BCUT2D eigenvalue weighted by atomic mass is 127. The van der Waals surface area contributed by atoms with E-state index in [9.17, 15) is 0 Å². The Labute approximate surface area is 76.9 Å². The SMILES string of the molecule is C/C=C(C)/C=C\C=C(\C)I. The summed E-state index contributed by atoms with van der Waals surface area (Å²) < 4.78 is 1.30. The topological polar surface area (TPSA) is 0 Å². The highest BCUT2D eigenvalue weighted by molar-refractivity contribution is 14.1. The predicted molar refractivity (Wildman–Crippen MR) is 56.3 cm³/mol. The van der Waals surface area contributed by atoms with Crippen LogP contribution in [0.15, 0.2) is 33.5 Å². The molecule has 0 nitrogen and oxygen atoms in total. The molecule has 0 rings (SSSR count). The zero-order chi connectivity index (χ0) is 7.98. The van der Waals surface area contributed by atoms with Crippen molar-refractivity contribution in [3.63, 3.8) is 0 Å². The summed E-state index contributed by atoms with van der Waals surface area (Å²) in [6.07, 6.45) is 8.35. The van der Waals surface area contributed by atoms with Crippen LogP contribution in [-0.2, 0) is 0 Å². The van der Waals surface area contributed by atoms with Gasteiger partial charge in [-0.2, -0.15) is 0 Å². The molecule has 0 heterocycles. The molecule has 1 heteroatoms. The van der Waals surface area contributed by atoms with E-state index >= 15 is 0 Å². The summed E-state index contributed by atoms with van der Waals surface area (Å²) in [7, 11) is 0. The lowest BCUT2D eigenvalue weighted by Gasteiger charge is -1.84. The third-order valence-electron chi connectivity index (χ3n) is 1.14. The first kappa shape index (κ1) is 9.95. The zero-order valence-electron chi connectivity index (χ0n) is 6.69. The van der Waals surface area contributed by atoms with Crippen molar-refractivity contribution in [2.24, 2.45) is 0 Å². The van der Waals surface area contributed by atoms with Gasteiger partial charge in [0.15, 0.2) is 0 Å². The lowest BCUT2D eigenvalue weighted by Crippen LogP contribution is -1.63. The number of allylic oxidation sites excluding steroid dienone is 6. The first-order valence-corrected chi connectivity index (χ1v) is 4.38. The Kier molecular flexibility index (Phi) is 5.69. The van der Waals surface area contributed by atoms with Gasteiger partial charge in [-0.3, -0.25) is 0 Å². The van der Waals surface area contributed by atoms with Crippen LogP contribution in [0, 0.1) is 0 Å². The number of halogens is 1. The van der Waals surface area contributed by atoms with Crippen LogP contribution in [0.5, 0.6) is 0 Å². The van der Waals surface area contributed by atoms with E-state index < -0.39 is 0 Å². The van der Waals surface area contributed by atoms with Crippen LogP contribution in [0.3, 0.4) is 0 Å². The molecule has 0 aromatic heterocycles. The van der Waals surface area contributed by atoms with Gasteiger partial charge >= 0.3 is 0 Å². The van der Waals surface area contributed by atoms with Crippen molar-refractivity contribution in [3.05, 3.63) is 33.5 Å². The molecule has 0 aromatic rings. The van der Waals surface area contributed by atoms with E-state index in [-0.39, 0.29) is 0 Å². The maximum absolute atomic E-state index is 2.29. The van der Waals surface area contributed by atoms with Crippen LogP contribution in [-0.4, -0.2) is 0 Å². The van der Waals surface area contributed by atoms with Crippen LogP contribution >= 0.6 is 22.6 Å². The van der Waals surface area contributed by atoms with Crippen molar-refractivity contribution in [1.82, 2.24) is 0 Å². The lowest BCUT2D eigenvalue weighted by molar-refractivity contribution is 1.48. The third kappa shape index (κ3) is 6.08. The van der Waals surface area contributed by atoms with Crippen LogP contribution in [0.4, 0.5) is 0 Å². The van der Waals surface area contributed by atoms with Gasteiger partial charge in [0.05, 0.1) is 0 Å². The average molecular weight is 248 g/mol. The Morgan fingerprint density at radius 1 is 1.30 bits per heavy atom. The smallest absolute Gasteiger partial charge is 0.0125 e. The van der Waals surface area contributed by atoms with Crippen LogP contribution in [0.2, 0.25) is 0 Å². The molecule has 0 atom stereocenters. The summed E-state index contributed by atoms with van der Waals surface area (Å²) in [6, 6.07) is 0. The summed E-state index contributed by atoms with van der Waals surface area (Å²) in [5.74, 6) is 0. The molecule has 10 heavy (non-hydrogen) atoms. The molecule has 0 amide bonds. The molecule has 0 radical (unpaired) electrons. The van der Waals surface area contributed by atoms with Gasteiger partial charge in [0.2, 0.25) is 0 Å². The molecule has 0 N–H and O–H groups in total. The molecule has 0 unspecified atom stereocenters. The molecule has 0 aliphatic heterocycles. The van der Waals surface area contributed by atoms with Gasteiger partial charge in [0.25, 0.3) is 0 Å². The second-order valence-electron chi connectivity index (χ2n) is 2.15. The van der Waals surface area contributed by atoms with Crippen molar-refractivity contribution >= 4 is 22.6 Å². The van der Waals surface area contributed by atoms with Crippen LogP contribution in [0.1, 0.15) is 20.8 Å². The molecule has 0 aromatic carbocycles. The first-order chi connectivity index (χ1) is 4.66. The number of rotatable bonds is 2. The van der Waals surface area contributed by atoms with Crippen molar-refractivity contribution in [2.75, 3.05) is 0 Å². The molecule has 0 saturated heterocycles. The third-order valence-corrected chi connectivity index (χ3v) is 1.50. The minimum atomic E-state index is 1.30. The highest BCUT2D eigenvalue weighted by Crippen LogP contribution is 2.03. The largest absolute Gasteiger partial charge is 0.0847 e. The first-order valence-electron chi connectivity index (χ1n) is 3.30. The summed E-state index contributed by atoms with van der Waals surface area (Å²) in [5.41, 5.74) is 1.30. The quantitative estimate of drug-likeness (QED) is 0.514. The van der Waals surface area contributed by atoms with E-state index in [1.54, 1.807) is 0 Å². The maximum atomic E-state index is 2.29. The number of hydrogen-bond donors (Lipinski definition) is 0. The van der Waals surface area contributed by atoms with E-state index in [1.807, 2.05) is 6.92 Å². The second kappa shape index (κ2) is 5.71. The van der Waals surface area contributed by atoms with E-state index in [0.29, 0.717) is 0 Å². The van der Waals surface area contributed by atoms with Crippen LogP contribution < -0.4 is 0 Å². The molecule has 0 fully saturated rings. The fraction of sp³-hybridized carbons (Fsp3) is 0.333. The van der Waals surface area contributed by atoms with Crippen molar-refractivity contribution in [3.8, 4) is 0 Å². The van der Waals surface area contributed by atoms with Gasteiger partial charge in [0, 0.05) is 0 Å². The number of hydrogen-bond acceptors (Lipinski definition) is 0. The average Bonchev–Trinajstić information content (AvgIpc) is 1.87. The fourth-order valence-corrected chi connectivity index (χ4v) is 0.636. The van der Waals surface area contributed by atoms with Gasteiger partial charge in [-0.1, -0.05) is 29.9 Å². The standard InChI is InChI=1S/C9H13I/c1-4-8(2)6-5-7-9(3)10/h4-7H,1-3H3/b6-5-,8-4+,9-7-. The Bertz CT molecular complexity index is 169. The predicted octanol–water partition coefficient (Wildman–Crippen LogP) is 3.85. The van der Waals surface area contributed by atoms with Gasteiger partial charge in [0.1, 0.15) is 0 Å². The summed E-state index contributed by atoms with van der Waals surface area (Å²) in [5, 5.41) is 0. The molecular formula is C9H13I. The van der Waals surface area contributed by atoms with Crippen LogP contribution in [0.25, 0.3) is 0 Å². The molecule has 0 bridgehead atoms. The highest BCUT2D eigenvalue weighted by Gasteiger charge is 1.75. The van der Waals surface area contributed by atoms with Crippen molar-refractivity contribution in [2.45, 2.75) is 20.8 Å². The molecule has 0 aliphatic rings. The lowest BCUT2D eigenvalue weighted by atomic mass is 10.2. The van der Waals surface area contributed by atoms with Gasteiger partial charge in [-0.25, -0.2) is 0 Å². The Morgan fingerprint density at radius 3 is 2.30 bits per heavy atom. The van der Waals surface area contributed by atoms with E-state index in [1.165, 1.54) is 9.15 Å². The molecule has 0 saturated carbocycles. The summed E-state index contributed by atoms with van der Waals surface area (Å²) in [6.45, 7) is 6.21. The molecule has 0 spiro atoms. The monoisotopic (exact) mass is 248 g/mol. The minimum Gasteiger partial charge on any atom is -0.0847 e. The molecular weight excluding hydrogens is 235 g/mol. The normalized spacial score (nSPS) is 14.8. The Hall–Kier alpha value is -0.0500. The van der Waals surface area contributed by atoms with E-state index in [0.717, 1.165) is 0 Å². The van der Waals surface area contributed by atoms with Gasteiger partial charge < -0.3 is 0 Å². The summed E-state index contributed by atoms with van der Waals surface area (Å²) in [4.78, 5) is 0. The van der Waals surface area contributed by atoms with Gasteiger partial charge in [-0.05, 0) is 46.9 Å². The fourth-order valence-electron chi connectivity index (χ4n) is 0.429. The Morgan fingerprint density at radius 2 is 1.90 bits per heavy atom. The Balaban J connectivity index is 3.90. The zero-order valence-corrected chi connectivity index (χ0v) is 8.84. The minimum absolute atomic E-state index is 1.30. The summed E-state index contributed by atoms with van der Waals surface area (Å²) >= 11 is 2.29.